The van der Waals surface area contributed by atoms with E-state index >= 15 is 0 Å². The lowest BCUT2D eigenvalue weighted by atomic mass is 10.0. The fourth-order valence-corrected chi connectivity index (χ4v) is 3.78. The summed E-state index contributed by atoms with van der Waals surface area (Å²) in [6.07, 6.45) is 6.88. The average molecular weight is 422 g/mol. The van der Waals surface area contributed by atoms with Gasteiger partial charge in [-0.15, -0.1) is 0 Å². The van der Waals surface area contributed by atoms with Crippen LogP contribution in [0.1, 0.15) is 36.8 Å². The maximum atomic E-state index is 12.2. The molecule has 2 aliphatic carbocycles. The first kappa shape index (κ1) is 21.3. The van der Waals surface area contributed by atoms with Crippen LogP contribution >= 0.6 is 0 Å². The topological polar surface area (TPSA) is 48.0 Å². The summed E-state index contributed by atoms with van der Waals surface area (Å²) in [5, 5.41) is 0. The second-order valence-electron chi connectivity index (χ2n) is 8.49. The van der Waals surface area contributed by atoms with E-state index < -0.39 is 5.97 Å². The van der Waals surface area contributed by atoms with Crippen molar-refractivity contribution in [1.29, 1.82) is 0 Å². The molecule has 2 aliphatic rings. The predicted molar refractivity (Wildman–Crippen MR) is 122 cm³/mol. The summed E-state index contributed by atoms with van der Waals surface area (Å²) < 4.78 is 16.1. The third-order valence-corrected chi connectivity index (χ3v) is 5.90. The summed E-state index contributed by atoms with van der Waals surface area (Å²) in [6, 6.07) is 16.0. The number of benzene rings is 2. The Balaban J connectivity index is 1.43. The SMILES string of the molecule is COC=C(C(=O)OC)c1ccccc1COc1ccc(N(CC2CC2)CC2CC2)cc1. The lowest BCUT2D eigenvalue weighted by Gasteiger charge is -2.25. The lowest BCUT2D eigenvalue weighted by molar-refractivity contribution is -0.133. The van der Waals surface area contributed by atoms with Crippen molar-refractivity contribution in [2.75, 3.05) is 32.2 Å². The van der Waals surface area contributed by atoms with Crippen molar-refractivity contribution in [3.63, 3.8) is 0 Å². The maximum Gasteiger partial charge on any atom is 0.341 e. The molecule has 0 amide bonds. The standard InChI is InChI=1S/C26H31NO4/c1-29-18-25(26(28)30-2)24-6-4-3-5-21(24)17-31-23-13-11-22(12-14-23)27(15-19-7-8-19)16-20-9-10-20/h3-6,11-14,18-20H,7-10,15-17H2,1-2H3. The highest BCUT2D eigenvalue weighted by Crippen LogP contribution is 2.36. The zero-order valence-electron chi connectivity index (χ0n) is 18.4. The second kappa shape index (κ2) is 9.90. The summed E-state index contributed by atoms with van der Waals surface area (Å²) in [5.74, 6) is 2.11. The van der Waals surface area contributed by atoms with Crippen LogP contribution in [-0.2, 0) is 20.9 Å². The van der Waals surface area contributed by atoms with Crippen molar-refractivity contribution in [2.24, 2.45) is 11.8 Å². The fraction of sp³-hybridized carbons (Fsp3) is 0.423. The van der Waals surface area contributed by atoms with Crippen molar-refractivity contribution >= 4 is 17.2 Å². The number of methoxy groups -OCH3 is 2. The molecule has 0 aromatic heterocycles. The minimum absolute atomic E-state index is 0.349. The van der Waals surface area contributed by atoms with Gasteiger partial charge in [0.1, 0.15) is 17.9 Å². The zero-order chi connectivity index (χ0) is 21.6. The molecule has 0 aliphatic heterocycles. The number of ether oxygens (including phenoxy) is 3. The quantitative estimate of drug-likeness (QED) is 0.289. The molecular formula is C26H31NO4. The summed E-state index contributed by atoms with van der Waals surface area (Å²) in [6.45, 7) is 2.69. The highest BCUT2D eigenvalue weighted by molar-refractivity contribution is 6.16. The van der Waals surface area contributed by atoms with Crippen LogP contribution in [0, 0.1) is 11.8 Å². The fourth-order valence-electron chi connectivity index (χ4n) is 3.78. The maximum absolute atomic E-state index is 12.2. The van der Waals surface area contributed by atoms with Crippen molar-refractivity contribution < 1.29 is 19.0 Å². The number of hydrogen-bond acceptors (Lipinski definition) is 5. The molecule has 0 heterocycles. The summed E-state index contributed by atoms with van der Waals surface area (Å²) >= 11 is 0. The molecule has 2 aromatic carbocycles. The molecule has 31 heavy (non-hydrogen) atoms. The van der Waals surface area contributed by atoms with Gasteiger partial charge in [0.25, 0.3) is 0 Å². The Morgan fingerprint density at radius 1 is 0.968 bits per heavy atom. The summed E-state index contributed by atoms with van der Waals surface area (Å²) in [7, 11) is 2.88. The normalized spacial score (nSPS) is 16.0. The number of rotatable bonds is 11. The Morgan fingerprint density at radius 2 is 1.61 bits per heavy atom. The minimum Gasteiger partial charge on any atom is -0.503 e. The van der Waals surface area contributed by atoms with E-state index in [0.29, 0.717) is 12.2 Å². The molecule has 2 fully saturated rings. The van der Waals surface area contributed by atoms with E-state index in [0.717, 1.165) is 28.7 Å². The lowest BCUT2D eigenvalue weighted by Crippen LogP contribution is -2.27. The van der Waals surface area contributed by atoms with Gasteiger partial charge in [0, 0.05) is 18.8 Å². The molecule has 4 rings (SSSR count). The number of anilines is 1. The molecular weight excluding hydrogens is 390 g/mol. The van der Waals surface area contributed by atoms with Gasteiger partial charge in [-0.2, -0.15) is 0 Å². The Hall–Kier alpha value is -2.95. The molecule has 5 heteroatoms. The smallest absolute Gasteiger partial charge is 0.341 e. The van der Waals surface area contributed by atoms with Gasteiger partial charge in [0.15, 0.2) is 0 Å². The van der Waals surface area contributed by atoms with Gasteiger partial charge >= 0.3 is 5.97 Å². The summed E-state index contributed by atoms with van der Waals surface area (Å²) in [4.78, 5) is 14.7. The van der Waals surface area contributed by atoms with E-state index in [-0.39, 0.29) is 0 Å². The molecule has 0 bridgehead atoms. The van der Waals surface area contributed by atoms with E-state index in [2.05, 4.69) is 17.0 Å². The van der Waals surface area contributed by atoms with E-state index in [9.17, 15) is 4.79 Å². The van der Waals surface area contributed by atoms with Gasteiger partial charge in [-0.05, 0) is 72.9 Å². The molecule has 5 nitrogen and oxygen atoms in total. The van der Waals surface area contributed by atoms with Gasteiger partial charge in [-0.3, -0.25) is 0 Å². The highest BCUT2D eigenvalue weighted by Gasteiger charge is 2.29. The number of hydrogen-bond donors (Lipinski definition) is 0. The van der Waals surface area contributed by atoms with Crippen LogP contribution in [0.3, 0.4) is 0 Å². The molecule has 164 valence electrons. The summed E-state index contributed by atoms with van der Waals surface area (Å²) in [5.41, 5.74) is 3.29. The van der Waals surface area contributed by atoms with Crippen molar-refractivity contribution in [2.45, 2.75) is 32.3 Å². The average Bonchev–Trinajstić information content (AvgIpc) is 3.73. The van der Waals surface area contributed by atoms with Crippen LogP contribution in [0.25, 0.3) is 5.57 Å². The van der Waals surface area contributed by atoms with E-state index in [1.54, 1.807) is 0 Å². The first-order valence-corrected chi connectivity index (χ1v) is 11.0. The number of carbonyl (C=O) groups excluding carboxylic acids is 1. The largest absolute Gasteiger partial charge is 0.503 e. The monoisotopic (exact) mass is 421 g/mol. The highest BCUT2D eigenvalue weighted by atomic mass is 16.5. The second-order valence-corrected chi connectivity index (χ2v) is 8.49. The Bertz CT molecular complexity index is 899. The van der Waals surface area contributed by atoms with Gasteiger partial charge < -0.3 is 19.1 Å². The molecule has 2 saturated carbocycles. The van der Waals surface area contributed by atoms with Crippen LogP contribution < -0.4 is 9.64 Å². The van der Waals surface area contributed by atoms with Crippen LogP contribution in [-0.4, -0.2) is 33.3 Å². The van der Waals surface area contributed by atoms with E-state index in [4.69, 9.17) is 14.2 Å². The van der Waals surface area contributed by atoms with Gasteiger partial charge in [-0.25, -0.2) is 4.79 Å². The number of nitrogens with zero attached hydrogens (tertiary/aromatic N) is 1. The third-order valence-electron chi connectivity index (χ3n) is 5.90. The Labute approximate surface area is 184 Å². The van der Waals surface area contributed by atoms with E-state index in [1.165, 1.54) is 64.9 Å². The van der Waals surface area contributed by atoms with Crippen molar-refractivity contribution in [3.05, 3.63) is 65.9 Å². The molecule has 0 radical (unpaired) electrons. The van der Waals surface area contributed by atoms with Gasteiger partial charge in [0.2, 0.25) is 0 Å². The number of carbonyl (C=O) groups is 1. The van der Waals surface area contributed by atoms with Crippen LogP contribution in [0.5, 0.6) is 5.75 Å². The molecule has 0 N–H and O–H groups in total. The zero-order valence-corrected chi connectivity index (χ0v) is 18.4. The first-order valence-electron chi connectivity index (χ1n) is 11.0. The Kier molecular flexibility index (Phi) is 6.80. The van der Waals surface area contributed by atoms with Crippen LogP contribution in [0.4, 0.5) is 5.69 Å². The third kappa shape index (κ3) is 5.81. The molecule has 0 atom stereocenters. The molecule has 0 unspecified atom stereocenters. The minimum atomic E-state index is -0.440. The number of esters is 1. The van der Waals surface area contributed by atoms with Crippen LogP contribution in [0.15, 0.2) is 54.8 Å². The van der Waals surface area contributed by atoms with E-state index in [1.807, 2.05) is 36.4 Å². The Morgan fingerprint density at radius 3 is 2.19 bits per heavy atom. The van der Waals surface area contributed by atoms with Crippen molar-refractivity contribution in [1.82, 2.24) is 0 Å². The van der Waals surface area contributed by atoms with Gasteiger partial charge in [0.05, 0.1) is 20.5 Å². The molecule has 0 saturated heterocycles. The first-order chi connectivity index (χ1) is 15.2. The van der Waals surface area contributed by atoms with Gasteiger partial charge in [-0.1, -0.05) is 24.3 Å². The molecule has 2 aromatic rings. The predicted octanol–water partition coefficient (Wildman–Crippen LogP) is 5.05. The van der Waals surface area contributed by atoms with Crippen LogP contribution in [0.2, 0.25) is 0 Å². The van der Waals surface area contributed by atoms with Crippen molar-refractivity contribution in [3.8, 4) is 5.75 Å². The molecule has 0 spiro atoms.